The van der Waals surface area contributed by atoms with Gasteiger partial charge in [-0.05, 0) is 40.5 Å². The normalized spacial score (nSPS) is 10.4. The molecule has 0 spiro atoms. The molecule has 1 aromatic carbocycles. The minimum atomic E-state index is -0.280. The van der Waals surface area contributed by atoms with Crippen LogP contribution in [0.15, 0.2) is 34.1 Å². The summed E-state index contributed by atoms with van der Waals surface area (Å²) >= 11 is 4.95. The molecule has 0 aliphatic rings. The van der Waals surface area contributed by atoms with Gasteiger partial charge in [0.1, 0.15) is 6.61 Å². The first kappa shape index (κ1) is 11.6. The quantitative estimate of drug-likeness (QED) is 0.809. The first-order chi connectivity index (χ1) is 7.66. The molecule has 0 amide bonds. The minimum Gasteiger partial charge on any atom is -0.485 e. The molecule has 84 valence electrons. The molecule has 4 heteroatoms. The predicted molar refractivity (Wildman–Crippen MR) is 67.5 cm³/mol. The summed E-state index contributed by atoms with van der Waals surface area (Å²) < 4.78 is 20.0. The molecular formula is C12H10BrFOS. The van der Waals surface area contributed by atoms with Crippen molar-refractivity contribution in [3.8, 4) is 5.75 Å². The van der Waals surface area contributed by atoms with E-state index in [1.165, 1.54) is 0 Å². The Labute approximate surface area is 106 Å². The van der Waals surface area contributed by atoms with Gasteiger partial charge in [0.25, 0.3) is 0 Å². The Kier molecular flexibility index (Phi) is 3.61. The zero-order chi connectivity index (χ0) is 11.5. The molecule has 2 aromatic rings. The number of rotatable bonds is 3. The fraction of sp³-hybridized carbons (Fsp3) is 0.167. The maximum atomic E-state index is 13.6. The maximum absolute atomic E-state index is 13.6. The van der Waals surface area contributed by atoms with Crippen LogP contribution in [0.4, 0.5) is 4.39 Å². The van der Waals surface area contributed by atoms with Gasteiger partial charge < -0.3 is 4.74 Å². The molecule has 0 bridgehead atoms. The number of aryl methyl sites for hydroxylation is 1. The van der Waals surface area contributed by atoms with Crippen molar-refractivity contribution in [2.75, 3.05) is 0 Å². The highest BCUT2D eigenvalue weighted by Crippen LogP contribution is 2.24. The second-order valence-electron chi connectivity index (χ2n) is 3.41. The van der Waals surface area contributed by atoms with Crippen LogP contribution in [0, 0.1) is 12.7 Å². The van der Waals surface area contributed by atoms with Gasteiger partial charge >= 0.3 is 0 Å². The Bertz CT molecular complexity index is 496. The Morgan fingerprint density at radius 1 is 1.44 bits per heavy atom. The third-order valence-corrected chi connectivity index (χ3v) is 3.82. The SMILES string of the molecule is Cc1cccc(OCc2cc(Br)cs2)c1F. The third-order valence-electron chi connectivity index (χ3n) is 2.15. The molecule has 2 rings (SSSR count). The van der Waals surface area contributed by atoms with Crippen molar-refractivity contribution in [3.05, 3.63) is 50.4 Å². The zero-order valence-electron chi connectivity index (χ0n) is 8.67. The molecule has 1 aromatic heterocycles. The van der Waals surface area contributed by atoms with E-state index in [0.717, 1.165) is 9.35 Å². The van der Waals surface area contributed by atoms with Gasteiger partial charge in [0, 0.05) is 14.7 Å². The summed E-state index contributed by atoms with van der Waals surface area (Å²) in [5.74, 6) is 0.0302. The second kappa shape index (κ2) is 4.97. The lowest BCUT2D eigenvalue weighted by Gasteiger charge is -2.06. The van der Waals surface area contributed by atoms with Gasteiger partial charge in [-0.1, -0.05) is 12.1 Å². The van der Waals surface area contributed by atoms with E-state index in [0.29, 0.717) is 17.9 Å². The number of benzene rings is 1. The van der Waals surface area contributed by atoms with E-state index in [4.69, 9.17) is 4.74 Å². The van der Waals surface area contributed by atoms with Crippen molar-refractivity contribution >= 4 is 27.3 Å². The monoisotopic (exact) mass is 300 g/mol. The lowest BCUT2D eigenvalue weighted by atomic mass is 10.2. The Morgan fingerprint density at radius 3 is 2.94 bits per heavy atom. The standard InChI is InChI=1S/C12H10BrFOS/c1-8-3-2-4-11(12(8)14)15-6-10-5-9(13)7-16-10/h2-5,7H,6H2,1H3. The molecule has 0 aliphatic carbocycles. The van der Waals surface area contributed by atoms with Crippen LogP contribution in [0.1, 0.15) is 10.4 Å². The third kappa shape index (κ3) is 2.62. The van der Waals surface area contributed by atoms with Gasteiger partial charge in [0.05, 0.1) is 0 Å². The number of thiophene rings is 1. The first-order valence-corrected chi connectivity index (χ1v) is 6.45. The summed E-state index contributed by atoms with van der Waals surface area (Å²) in [5, 5.41) is 1.98. The Balaban J connectivity index is 2.07. The molecule has 0 fully saturated rings. The maximum Gasteiger partial charge on any atom is 0.167 e. The molecular weight excluding hydrogens is 291 g/mol. The van der Waals surface area contributed by atoms with E-state index in [-0.39, 0.29) is 5.82 Å². The minimum absolute atomic E-state index is 0.280. The molecule has 0 saturated carbocycles. The highest BCUT2D eigenvalue weighted by atomic mass is 79.9. The lowest BCUT2D eigenvalue weighted by Crippen LogP contribution is -1.96. The summed E-state index contributed by atoms with van der Waals surface area (Å²) in [6, 6.07) is 7.13. The van der Waals surface area contributed by atoms with Gasteiger partial charge in [-0.25, -0.2) is 4.39 Å². The van der Waals surface area contributed by atoms with Crippen LogP contribution in [0.25, 0.3) is 0 Å². The summed E-state index contributed by atoms with van der Waals surface area (Å²) in [6.07, 6.45) is 0. The van der Waals surface area contributed by atoms with Gasteiger partial charge in [0.15, 0.2) is 11.6 Å². The zero-order valence-corrected chi connectivity index (χ0v) is 11.1. The van der Waals surface area contributed by atoms with Crippen LogP contribution in [0.5, 0.6) is 5.75 Å². The van der Waals surface area contributed by atoms with E-state index in [1.54, 1.807) is 36.5 Å². The molecule has 0 atom stereocenters. The molecule has 0 aliphatic heterocycles. The fourth-order valence-corrected chi connectivity index (χ4v) is 2.67. The van der Waals surface area contributed by atoms with Gasteiger partial charge in [-0.3, -0.25) is 0 Å². The molecule has 0 unspecified atom stereocenters. The van der Waals surface area contributed by atoms with Crippen LogP contribution in [0.2, 0.25) is 0 Å². The van der Waals surface area contributed by atoms with E-state index < -0.39 is 0 Å². The Morgan fingerprint density at radius 2 is 2.25 bits per heavy atom. The van der Waals surface area contributed by atoms with Crippen molar-refractivity contribution in [2.45, 2.75) is 13.5 Å². The van der Waals surface area contributed by atoms with Crippen LogP contribution in [-0.4, -0.2) is 0 Å². The first-order valence-electron chi connectivity index (χ1n) is 4.77. The van der Waals surface area contributed by atoms with Crippen LogP contribution in [0.3, 0.4) is 0 Å². The average molecular weight is 301 g/mol. The highest BCUT2D eigenvalue weighted by Gasteiger charge is 2.06. The van der Waals surface area contributed by atoms with Crippen molar-refractivity contribution in [1.29, 1.82) is 0 Å². The largest absolute Gasteiger partial charge is 0.485 e. The molecule has 16 heavy (non-hydrogen) atoms. The van der Waals surface area contributed by atoms with Crippen molar-refractivity contribution < 1.29 is 9.13 Å². The Hall–Kier alpha value is -0.870. The smallest absolute Gasteiger partial charge is 0.167 e. The summed E-state index contributed by atoms with van der Waals surface area (Å²) in [4.78, 5) is 1.06. The lowest BCUT2D eigenvalue weighted by molar-refractivity contribution is 0.293. The van der Waals surface area contributed by atoms with Crippen LogP contribution < -0.4 is 4.74 Å². The average Bonchev–Trinajstić information content (AvgIpc) is 2.67. The van der Waals surface area contributed by atoms with Gasteiger partial charge in [-0.2, -0.15) is 0 Å². The van der Waals surface area contributed by atoms with Crippen molar-refractivity contribution in [3.63, 3.8) is 0 Å². The van der Waals surface area contributed by atoms with Gasteiger partial charge in [0.2, 0.25) is 0 Å². The van der Waals surface area contributed by atoms with E-state index in [1.807, 2.05) is 11.4 Å². The fourth-order valence-electron chi connectivity index (χ4n) is 1.31. The van der Waals surface area contributed by atoms with Crippen LogP contribution >= 0.6 is 27.3 Å². The molecule has 1 heterocycles. The van der Waals surface area contributed by atoms with Crippen molar-refractivity contribution in [1.82, 2.24) is 0 Å². The van der Waals surface area contributed by atoms with Crippen molar-refractivity contribution in [2.24, 2.45) is 0 Å². The number of halogens is 2. The summed E-state index contributed by atoms with van der Waals surface area (Å²) in [5.41, 5.74) is 0.602. The summed E-state index contributed by atoms with van der Waals surface area (Å²) in [6.45, 7) is 2.13. The highest BCUT2D eigenvalue weighted by molar-refractivity contribution is 9.10. The van der Waals surface area contributed by atoms with Crippen LogP contribution in [-0.2, 0) is 6.61 Å². The molecule has 1 nitrogen and oxygen atoms in total. The molecule has 0 radical (unpaired) electrons. The molecule has 0 saturated heterocycles. The number of ether oxygens (including phenoxy) is 1. The molecule has 0 N–H and O–H groups in total. The van der Waals surface area contributed by atoms with Gasteiger partial charge in [-0.15, -0.1) is 11.3 Å². The van der Waals surface area contributed by atoms with E-state index in [2.05, 4.69) is 15.9 Å². The predicted octanol–water partition coefficient (Wildman–Crippen LogP) is 4.54. The second-order valence-corrected chi connectivity index (χ2v) is 5.32. The number of hydrogen-bond donors (Lipinski definition) is 0. The topological polar surface area (TPSA) is 9.23 Å². The van der Waals surface area contributed by atoms with E-state index in [9.17, 15) is 4.39 Å². The van der Waals surface area contributed by atoms with E-state index >= 15 is 0 Å². The number of hydrogen-bond acceptors (Lipinski definition) is 2. The summed E-state index contributed by atoms with van der Waals surface area (Å²) in [7, 11) is 0.